The summed E-state index contributed by atoms with van der Waals surface area (Å²) in [5.74, 6) is -1.25. The fourth-order valence-electron chi connectivity index (χ4n) is 1.98. The number of pyridine rings is 1. The average molecular weight is 318 g/mol. The molecule has 0 radical (unpaired) electrons. The van der Waals surface area contributed by atoms with E-state index in [2.05, 4.69) is 15.3 Å². The summed E-state index contributed by atoms with van der Waals surface area (Å²) >= 11 is 0. The topological polar surface area (TPSA) is 83.7 Å². The number of carboxylic acids is 1. The van der Waals surface area contributed by atoms with Crippen molar-refractivity contribution in [1.82, 2.24) is 20.0 Å². The van der Waals surface area contributed by atoms with E-state index in [0.29, 0.717) is 11.4 Å². The van der Waals surface area contributed by atoms with Gasteiger partial charge in [-0.3, -0.25) is 4.98 Å². The van der Waals surface area contributed by atoms with E-state index in [0.717, 1.165) is 11.3 Å². The van der Waals surface area contributed by atoms with Gasteiger partial charge in [0.05, 0.1) is 23.5 Å². The van der Waals surface area contributed by atoms with Gasteiger partial charge in [0.15, 0.2) is 0 Å². The maximum absolute atomic E-state index is 10.9. The van der Waals surface area contributed by atoms with Crippen LogP contribution in [0.2, 0.25) is 0 Å². The number of carboxylic acid groups (broad SMARTS) is 1. The second-order valence-electron chi connectivity index (χ2n) is 4.60. The molecule has 0 spiro atoms. The fraction of sp³-hybridized carbons (Fsp3) is 0.0667. The van der Waals surface area contributed by atoms with Crippen LogP contribution < -0.4 is 56.5 Å². The maximum atomic E-state index is 10.9. The van der Waals surface area contributed by atoms with Crippen molar-refractivity contribution in [3.63, 3.8) is 0 Å². The standard InChI is InChI=1S/C15H12N4O2.K/c1-10-3-2-4-12(7-10)19-9-14(17-18-19)13-8-11(15(20)21)5-6-16-13;/h2-9H,1H3,(H,20,21);/q;+1/p-1. The molecule has 7 heteroatoms. The van der Waals surface area contributed by atoms with Gasteiger partial charge in [-0.1, -0.05) is 17.3 Å². The van der Waals surface area contributed by atoms with Crippen molar-refractivity contribution in [3.05, 3.63) is 59.9 Å². The number of benzene rings is 1. The number of aromatic nitrogens is 4. The van der Waals surface area contributed by atoms with Crippen LogP contribution in [0.25, 0.3) is 17.1 Å². The minimum Gasteiger partial charge on any atom is -0.545 e. The van der Waals surface area contributed by atoms with Gasteiger partial charge < -0.3 is 9.90 Å². The summed E-state index contributed by atoms with van der Waals surface area (Å²) in [7, 11) is 0. The first kappa shape index (κ1) is 17.0. The quantitative estimate of drug-likeness (QED) is 0.522. The first-order valence-electron chi connectivity index (χ1n) is 6.30. The van der Waals surface area contributed by atoms with Gasteiger partial charge >= 0.3 is 51.4 Å². The zero-order valence-corrected chi connectivity index (χ0v) is 15.3. The van der Waals surface area contributed by atoms with E-state index < -0.39 is 5.97 Å². The number of rotatable bonds is 3. The molecular formula is C15H11KN4O2. The van der Waals surface area contributed by atoms with Crippen LogP contribution in [0, 0.1) is 6.92 Å². The van der Waals surface area contributed by atoms with Crippen LogP contribution in [0.5, 0.6) is 0 Å². The van der Waals surface area contributed by atoms with Crippen molar-refractivity contribution in [1.29, 1.82) is 0 Å². The van der Waals surface area contributed by atoms with Crippen LogP contribution in [-0.2, 0) is 0 Å². The van der Waals surface area contributed by atoms with E-state index in [1.165, 1.54) is 18.3 Å². The normalized spacial score (nSPS) is 10.0. The van der Waals surface area contributed by atoms with Gasteiger partial charge in [-0.2, -0.15) is 0 Å². The third-order valence-electron chi connectivity index (χ3n) is 3.02. The molecule has 2 heterocycles. The summed E-state index contributed by atoms with van der Waals surface area (Å²) < 4.78 is 1.62. The Kier molecular flexibility index (Phi) is 5.60. The molecule has 104 valence electrons. The molecule has 3 aromatic rings. The van der Waals surface area contributed by atoms with E-state index in [1.807, 2.05) is 31.2 Å². The Bertz CT molecular complexity index is 817. The fourth-order valence-corrected chi connectivity index (χ4v) is 1.98. The van der Waals surface area contributed by atoms with Crippen LogP contribution in [-0.4, -0.2) is 25.9 Å². The Morgan fingerprint density at radius 3 is 2.73 bits per heavy atom. The Labute approximate surface area is 169 Å². The van der Waals surface area contributed by atoms with Gasteiger partial charge in [0.2, 0.25) is 0 Å². The van der Waals surface area contributed by atoms with Crippen molar-refractivity contribution in [2.75, 3.05) is 0 Å². The number of hydrogen-bond acceptors (Lipinski definition) is 5. The van der Waals surface area contributed by atoms with Crippen LogP contribution in [0.3, 0.4) is 0 Å². The molecule has 22 heavy (non-hydrogen) atoms. The molecule has 0 fully saturated rings. The monoisotopic (exact) mass is 318 g/mol. The van der Waals surface area contributed by atoms with Gasteiger partial charge in [0.25, 0.3) is 0 Å². The van der Waals surface area contributed by atoms with E-state index >= 15 is 0 Å². The van der Waals surface area contributed by atoms with Crippen molar-refractivity contribution in [2.24, 2.45) is 0 Å². The van der Waals surface area contributed by atoms with Gasteiger partial charge in [0.1, 0.15) is 5.69 Å². The Morgan fingerprint density at radius 1 is 1.18 bits per heavy atom. The molecule has 0 aliphatic heterocycles. The summed E-state index contributed by atoms with van der Waals surface area (Å²) in [6.45, 7) is 1.99. The van der Waals surface area contributed by atoms with Crippen molar-refractivity contribution >= 4 is 5.97 Å². The van der Waals surface area contributed by atoms with Gasteiger partial charge in [-0.15, -0.1) is 5.10 Å². The zero-order valence-electron chi connectivity index (χ0n) is 12.2. The van der Waals surface area contributed by atoms with Gasteiger partial charge in [0, 0.05) is 11.8 Å². The number of aromatic carboxylic acids is 1. The maximum Gasteiger partial charge on any atom is 1.00 e. The SMILES string of the molecule is Cc1cccc(-n2cc(-c3cc(C(=O)[O-])ccn3)nn2)c1.[K+]. The number of carbonyl (C=O) groups excluding carboxylic acids is 1. The molecular weight excluding hydrogens is 307 g/mol. The smallest absolute Gasteiger partial charge is 0.545 e. The van der Waals surface area contributed by atoms with E-state index in [4.69, 9.17) is 0 Å². The van der Waals surface area contributed by atoms with E-state index in [9.17, 15) is 9.90 Å². The third kappa shape index (κ3) is 3.68. The number of nitrogens with zero attached hydrogens (tertiary/aromatic N) is 4. The molecule has 1 aromatic carbocycles. The Balaban J connectivity index is 0.00000176. The van der Waals surface area contributed by atoms with Crippen LogP contribution in [0.15, 0.2) is 48.8 Å². The molecule has 0 aliphatic carbocycles. The van der Waals surface area contributed by atoms with Crippen LogP contribution in [0.1, 0.15) is 15.9 Å². The first-order chi connectivity index (χ1) is 10.1. The van der Waals surface area contributed by atoms with E-state index in [-0.39, 0.29) is 56.9 Å². The number of hydrogen-bond donors (Lipinski definition) is 0. The molecule has 0 saturated carbocycles. The second kappa shape index (κ2) is 7.25. The minimum absolute atomic E-state index is 0. The van der Waals surface area contributed by atoms with Crippen molar-refractivity contribution in [2.45, 2.75) is 6.92 Å². The molecule has 2 aromatic heterocycles. The van der Waals surface area contributed by atoms with Gasteiger partial charge in [-0.25, -0.2) is 4.68 Å². The van der Waals surface area contributed by atoms with E-state index in [1.54, 1.807) is 10.9 Å². The molecule has 0 bridgehead atoms. The molecule has 6 nitrogen and oxygen atoms in total. The summed E-state index contributed by atoms with van der Waals surface area (Å²) in [6, 6.07) is 10.6. The number of carbonyl (C=O) groups is 1. The summed E-state index contributed by atoms with van der Waals surface area (Å²) in [4.78, 5) is 15.0. The largest absolute Gasteiger partial charge is 1.00 e. The van der Waals surface area contributed by atoms with Crippen molar-refractivity contribution < 1.29 is 61.3 Å². The Morgan fingerprint density at radius 2 is 2.00 bits per heavy atom. The second-order valence-corrected chi connectivity index (χ2v) is 4.60. The zero-order chi connectivity index (χ0) is 14.8. The molecule has 0 amide bonds. The average Bonchev–Trinajstić information content (AvgIpc) is 2.97. The molecule has 0 atom stereocenters. The summed E-state index contributed by atoms with van der Waals surface area (Å²) in [5.41, 5.74) is 2.99. The predicted molar refractivity (Wildman–Crippen MR) is 73.7 cm³/mol. The van der Waals surface area contributed by atoms with Crippen LogP contribution in [0.4, 0.5) is 0 Å². The molecule has 0 aliphatic rings. The van der Waals surface area contributed by atoms with Crippen LogP contribution >= 0.6 is 0 Å². The predicted octanol–water partition coefficient (Wildman–Crippen LogP) is -1.99. The molecule has 3 rings (SSSR count). The molecule has 0 unspecified atom stereocenters. The third-order valence-corrected chi connectivity index (χ3v) is 3.02. The Hall–Kier alpha value is -1.38. The minimum atomic E-state index is -1.25. The summed E-state index contributed by atoms with van der Waals surface area (Å²) in [6.07, 6.45) is 3.11. The summed E-state index contributed by atoms with van der Waals surface area (Å²) in [5, 5.41) is 18.9. The number of aryl methyl sites for hydroxylation is 1. The first-order valence-corrected chi connectivity index (χ1v) is 6.30. The van der Waals surface area contributed by atoms with Gasteiger partial charge in [-0.05, 0) is 36.8 Å². The molecule has 0 N–H and O–H groups in total. The molecule has 0 saturated heterocycles. The van der Waals surface area contributed by atoms with Crippen molar-refractivity contribution in [3.8, 4) is 17.1 Å².